The van der Waals surface area contributed by atoms with Crippen LogP contribution in [0.2, 0.25) is 0 Å². The molecule has 1 unspecified atom stereocenters. The fourth-order valence-corrected chi connectivity index (χ4v) is 1.91. The molecule has 19 heavy (non-hydrogen) atoms. The maximum atomic E-state index is 4.64. The van der Waals surface area contributed by atoms with Crippen LogP contribution in [0.15, 0.2) is 11.3 Å². The van der Waals surface area contributed by atoms with E-state index < -0.39 is 0 Å². The number of rotatable bonds is 7. The van der Waals surface area contributed by atoms with Crippen molar-refractivity contribution in [3.63, 3.8) is 0 Å². The third kappa shape index (κ3) is 4.62. The number of aryl methyl sites for hydroxylation is 1. The molecule has 4 heteroatoms. The number of nitrogens with zero attached hydrogens (tertiary/aromatic N) is 3. The molecule has 1 rings (SSSR count). The molecule has 1 atom stereocenters. The minimum absolute atomic E-state index is 0.499. The van der Waals surface area contributed by atoms with Gasteiger partial charge < -0.3 is 5.32 Å². The van der Waals surface area contributed by atoms with Crippen LogP contribution in [0, 0.1) is 18.8 Å². The van der Waals surface area contributed by atoms with Gasteiger partial charge in [-0.2, -0.15) is 0 Å². The second-order valence-corrected chi connectivity index (χ2v) is 5.18. The van der Waals surface area contributed by atoms with Crippen LogP contribution < -0.4 is 5.32 Å². The van der Waals surface area contributed by atoms with Crippen molar-refractivity contribution in [2.75, 3.05) is 11.9 Å². The van der Waals surface area contributed by atoms with Gasteiger partial charge in [-0.1, -0.05) is 27.7 Å². The van der Waals surface area contributed by atoms with Gasteiger partial charge in [0, 0.05) is 12.8 Å². The van der Waals surface area contributed by atoms with E-state index in [2.05, 4.69) is 48.0 Å². The summed E-state index contributed by atoms with van der Waals surface area (Å²) in [5.74, 6) is 1.94. The molecule has 0 spiro atoms. The Morgan fingerprint density at radius 1 is 1.32 bits per heavy atom. The molecule has 1 aromatic rings. The summed E-state index contributed by atoms with van der Waals surface area (Å²) in [7, 11) is 0. The lowest BCUT2D eigenvalue weighted by Gasteiger charge is -2.14. The van der Waals surface area contributed by atoms with Crippen LogP contribution in [-0.2, 0) is 0 Å². The van der Waals surface area contributed by atoms with Crippen molar-refractivity contribution in [2.45, 2.75) is 47.5 Å². The number of hydrogen-bond acceptors (Lipinski definition) is 4. The van der Waals surface area contributed by atoms with E-state index in [9.17, 15) is 0 Å². The summed E-state index contributed by atoms with van der Waals surface area (Å²) in [6.07, 6.45) is 5.81. The average Bonchev–Trinajstić information content (AvgIpc) is 2.38. The molecule has 1 aromatic heterocycles. The monoisotopic (exact) mass is 262 g/mol. The number of hydrogen-bond donors (Lipinski definition) is 1. The first-order valence-electron chi connectivity index (χ1n) is 7.19. The van der Waals surface area contributed by atoms with Gasteiger partial charge in [0.2, 0.25) is 0 Å². The summed E-state index contributed by atoms with van der Waals surface area (Å²) in [6, 6.07) is 0. The first kappa shape index (κ1) is 15.6. The molecule has 0 aromatic carbocycles. The molecule has 4 nitrogen and oxygen atoms in total. The topological polar surface area (TPSA) is 50.2 Å². The zero-order chi connectivity index (χ0) is 14.3. The van der Waals surface area contributed by atoms with Gasteiger partial charge >= 0.3 is 0 Å². The summed E-state index contributed by atoms with van der Waals surface area (Å²) in [4.78, 5) is 13.2. The number of nitrogens with one attached hydrogen (secondary N) is 1. The summed E-state index contributed by atoms with van der Waals surface area (Å²) >= 11 is 0. The standard InChI is InChI=1S/C15H26N4/c1-6-8-16-15-14(12(5)18-10-19-15)17-9-13(7-2)11(3)4/h9-11,13H,6-8H2,1-5H3,(H,16,18,19)/b17-9-. The zero-order valence-electron chi connectivity index (χ0n) is 12.8. The van der Waals surface area contributed by atoms with Gasteiger partial charge in [-0.25, -0.2) is 9.97 Å². The lowest BCUT2D eigenvalue weighted by atomic mass is 9.95. The van der Waals surface area contributed by atoms with Gasteiger partial charge in [-0.3, -0.25) is 4.99 Å². The van der Waals surface area contributed by atoms with Crippen molar-refractivity contribution < 1.29 is 0 Å². The molecule has 0 aliphatic carbocycles. The Labute approximate surface area is 116 Å². The summed E-state index contributed by atoms with van der Waals surface area (Å²) in [6.45, 7) is 11.7. The summed E-state index contributed by atoms with van der Waals surface area (Å²) in [5, 5.41) is 3.31. The second-order valence-electron chi connectivity index (χ2n) is 5.18. The molecule has 0 aliphatic heterocycles. The highest BCUT2D eigenvalue weighted by atomic mass is 15.0. The van der Waals surface area contributed by atoms with Crippen LogP contribution in [0.3, 0.4) is 0 Å². The third-order valence-electron chi connectivity index (χ3n) is 3.27. The van der Waals surface area contributed by atoms with E-state index in [0.29, 0.717) is 11.8 Å². The summed E-state index contributed by atoms with van der Waals surface area (Å²) < 4.78 is 0. The van der Waals surface area contributed by atoms with E-state index >= 15 is 0 Å². The zero-order valence-corrected chi connectivity index (χ0v) is 12.8. The highest BCUT2D eigenvalue weighted by Gasteiger charge is 2.10. The van der Waals surface area contributed by atoms with E-state index in [0.717, 1.165) is 36.6 Å². The SMILES string of the molecule is CCCNc1ncnc(C)c1/N=C\C(CC)C(C)C. The second kappa shape index (κ2) is 7.87. The van der Waals surface area contributed by atoms with Crippen LogP contribution in [-0.4, -0.2) is 22.7 Å². The lowest BCUT2D eigenvalue weighted by Crippen LogP contribution is -2.09. The number of aromatic nitrogens is 2. The van der Waals surface area contributed by atoms with Crippen LogP contribution >= 0.6 is 0 Å². The molecule has 0 aliphatic rings. The molecule has 0 saturated carbocycles. The Bertz CT molecular complexity index is 413. The van der Waals surface area contributed by atoms with Crippen molar-refractivity contribution in [2.24, 2.45) is 16.8 Å². The largest absolute Gasteiger partial charge is 0.368 e. The first-order valence-corrected chi connectivity index (χ1v) is 7.19. The van der Waals surface area contributed by atoms with Crippen LogP contribution in [0.1, 0.15) is 46.2 Å². The Hall–Kier alpha value is -1.45. The molecular weight excluding hydrogens is 236 g/mol. The van der Waals surface area contributed by atoms with Gasteiger partial charge in [0.25, 0.3) is 0 Å². The maximum absolute atomic E-state index is 4.64. The Kier molecular flexibility index (Phi) is 6.46. The van der Waals surface area contributed by atoms with E-state index in [-0.39, 0.29) is 0 Å². The van der Waals surface area contributed by atoms with Crippen LogP contribution in [0.5, 0.6) is 0 Å². The lowest BCUT2D eigenvalue weighted by molar-refractivity contribution is 0.489. The molecule has 0 saturated heterocycles. The van der Waals surface area contributed by atoms with E-state index in [1.54, 1.807) is 6.33 Å². The fourth-order valence-electron chi connectivity index (χ4n) is 1.91. The Balaban J connectivity index is 2.94. The van der Waals surface area contributed by atoms with E-state index in [4.69, 9.17) is 0 Å². The van der Waals surface area contributed by atoms with Crippen LogP contribution in [0.4, 0.5) is 11.5 Å². The molecule has 106 valence electrons. The van der Waals surface area contributed by atoms with Gasteiger partial charge in [0.1, 0.15) is 12.0 Å². The molecule has 0 fully saturated rings. The predicted molar refractivity (Wildman–Crippen MR) is 82.3 cm³/mol. The van der Waals surface area contributed by atoms with Gasteiger partial charge in [0.15, 0.2) is 5.82 Å². The van der Waals surface area contributed by atoms with E-state index in [1.165, 1.54) is 0 Å². The molecular formula is C15H26N4. The number of anilines is 1. The van der Waals surface area contributed by atoms with Gasteiger partial charge in [-0.05, 0) is 31.6 Å². The first-order chi connectivity index (χ1) is 9.10. The average molecular weight is 262 g/mol. The van der Waals surface area contributed by atoms with Crippen molar-refractivity contribution in [1.29, 1.82) is 0 Å². The Morgan fingerprint density at radius 3 is 2.63 bits per heavy atom. The van der Waals surface area contributed by atoms with Gasteiger partial charge in [-0.15, -0.1) is 0 Å². The smallest absolute Gasteiger partial charge is 0.155 e. The highest BCUT2D eigenvalue weighted by molar-refractivity contribution is 5.72. The van der Waals surface area contributed by atoms with Crippen molar-refractivity contribution in [3.8, 4) is 0 Å². The van der Waals surface area contributed by atoms with Crippen LogP contribution in [0.25, 0.3) is 0 Å². The van der Waals surface area contributed by atoms with E-state index in [1.807, 2.05) is 13.1 Å². The molecule has 0 amide bonds. The maximum Gasteiger partial charge on any atom is 0.155 e. The molecule has 0 radical (unpaired) electrons. The minimum Gasteiger partial charge on any atom is -0.368 e. The quantitative estimate of drug-likeness (QED) is 0.756. The molecule has 1 N–H and O–H groups in total. The molecule has 1 heterocycles. The Morgan fingerprint density at radius 2 is 2.05 bits per heavy atom. The number of aliphatic imine (C=N–C) groups is 1. The third-order valence-corrected chi connectivity index (χ3v) is 3.27. The highest BCUT2D eigenvalue weighted by Crippen LogP contribution is 2.25. The molecule has 0 bridgehead atoms. The van der Waals surface area contributed by atoms with Crippen molar-refractivity contribution in [3.05, 3.63) is 12.0 Å². The van der Waals surface area contributed by atoms with Gasteiger partial charge in [0.05, 0.1) is 5.69 Å². The minimum atomic E-state index is 0.499. The normalized spacial score (nSPS) is 13.2. The summed E-state index contributed by atoms with van der Waals surface area (Å²) in [5.41, 5.74) is 1.79. The fraction of sp³-hybridized carbons (Fsp3) is 0.667. The predicted octanol–water partition coefficient (Wildman–Crippen LogP) is 3.99. The van der Waals surface area contributed by atoms with Crippen molar-refractivity contribution >= 4 is 17.7 Å². The van der Waals surface area contributed by atoms with Crippen molar-refractivity contribution in [1.82, 2.24) is 9.97 Å².